The van der Waals surface area contributed by atoms with E-state index < -0.39 is 0 Å². The molecule has 4 nitrogen and oxygen atoms in total. The average Bonchev–Trinajstić information content (AvgIpc) is 2.86. The Labute approximate surface area is 142 Å². The molecule has 0 unspecified atom stereocenters. The molecule has 2 heterocycles. The lowest BCUT2D eigenvalue weighted by Crippen LogP contribution is -2.39. The predicted molar refractivity (Wildman–Crippen MR) is 91.3 cm³/mol. The van der Waals surface area contributed by atoms with Crippen LogP contribution in [0.1, 0.15) is 60.3 Å². The molecule has 0 bridgehead atoms. The summed E-state index contributed by atoms with van der Waals surface area (Å²) in [5, 5.41) is 7.21. The van der Waals surface area contributed by atoms with Crippen LogP contribution in [-0.2, 0) is 11.2 Å². The van der Waals surface area contributed by atoms with Crippen molar-refractivity contribution < 1.29 is 9.18 Å². The van der Waals surface area contributed by atoms with Gasteiger partial charge in [-0.1, -0.05) is 13.0 Å². The van der Waals surface area contributed by atoms with Crippen LogP contribution < -0.4 is 0 Å². The number of benzene rings is 1. The first kappa shape index (κ1) is 16.7. The molecule has 0 spiro atoms. The van der Waals surface area contributed by atoms with Crippen molar-refractivity contribution in [2.24, 2.45) is 0 Å². The molecule has 0 saturated heterocycles. The Balaban J connectivity index is 1.75. The monoisotopic (exact) mass is 329 g/mol. The largest absolute Gasteiger partial charge is 0.336 e. The van der Waals surface area contributed by atoms with E-state index >= 15 is 0 Å². The molecule has 128 valence electrons. The SMILES string of the molecule is Cc1n[nH]c(C)c1[C@H](C)CC(=O)N1CCc2cc(F)ccc2[C@@H]1C. The first-order chi connectivity index (χ1) is 11.4. The highest BCUT2D eigenvalue weighted by atomic mass is 19.1. The van der Waals surface area contributed by atoms with E-state index in [0.29, 0.717) is 19.4 Å². The molecule has 0 radical (unpaired) electrons. The predicted octanol–water partition coefficient (Wildman–Crippen LogP) is 3.81. The number of rotatable bonds is 3. The number of amides is 1. The first-order valence-electron chi connectivity index (χ1n) is 8.47. The summed E-state index contributed by atoms with van der Waals surface area (Å²) in [6.45, 7) is 8.69. The number of aromatic amines is 1. The van der Waals surface area contributed by atoms with Gasteiger partial charge in [0, 0.05) is 18.7 Å². The number of halogens is 1. The summed E-state index contributed by atoms with van der Waals surface area (Å²) in [6.07, 6.45) is 1.17. The Bertz CT molecular complexity index is 748. The summed E-state index contributed by atoms with van der Waals surface area (Å²) in [5.41, 5.74) is 5.19. The van der Waals surface area contributed by atoms with Crippen molar-refractivity contribution in [3.05, 3.63) is 52.1 Å². The molecular weight excluding hydrogens is 305 g/mol. The van der Waals surface area contributed by atoms with Crippen LogP contribution in [0.15, 0.2) is 18.2 Å². The van der Waals surface area contributed by atoms with E-state index in [0.717, 1.165) is 28.1 Å². The van der Waals surface area contributed by atoms with E-state index in [2.05, 4.69) is 17.1 Å². The molecule has 3 rings (SSSR count). The number of aryl methyl sites for hydroxylation is 2. The topological polar surface area (TPSA) is 49.0 Å². The second-order valence-electron chi connectivity index (χ2n) is 6.81. The van der Waals surface area contributed by atoms with Gasteiger partial charge in [0.25, 0.3) is 0 Å². The van der Waals surface area contributed by atoms with E-state index in [1.54, 1.807) is 6.07 Å². The van der Waals surface area contributed by atoms with Crippen LogP contribution in [0.4, 0.5) is 4.39 Å². The van der Waals surface area contributed by atoms with Gasteiger partial charge < -0.3 is 4.90 Å². The maximum atomic E-state index is 13.4. The Morgan fingerprint density at radius 3 is 2.88 bits per heavy atom. The van der Waals surface area contributed by atoms with Crippen LogP contribution >= 0.6 is 0 Å². The third-order valence-corrected chi connectivity index (χ3v) is 5.12. The highest BCUT2D eigenvalue weighted by molar-refractivity contribution is 5.78. The lowest BCUT2D eigenvalue weighted by molar-refractivity contribution is -0.134. The van der Waals surface area contributed by atoms with E-state index in [4.69, 9.17) is 0 Å². The van der Waals surface area contributed by atoms with E-state index in [9.17, 15) is 9.18 Å². The highest BCUT2D eigenvalue weighted by Gasteiger charge is 2.29. The number of carbonyl (C=O) groups is 1. The zero-order chi connectivity index (χ0) is 17.4. The molecule has 0 aliphatic carbocycles. The minimum Gasteiger partial charge on any atom is -0.336 e. The lowest BCUT2D eigenvalue weighted by atomic mass is 9.91. The van der Waals surface area contributed by atoms with E-state index in [1.165, 1.54) is 6.07 Å². The Hall–Kier alpha value is -2.17. The number of fused-ring (bicyclic) bond motifs is 1. The minimum atomic E-state index is -0.208. The Morgan fingerprint density at radius 2 is 2.21 bits per heavy atom. The Kier molecular flexibility index (Phi) is 4.43. The van der Waals surface area contributed by atoms with Gasteiger partial charge in [-0.15, -0.1) is 0 Å². The fourth-order valence-corrected chi connectivity index (χ4v) is 3.91. The molecule has 1 amide bonds. The van der Waals surface area contributed by atoms with Crippen LogP contribution in [0.3, 0.4) is 0 Å². The van der Waals surface area contributed by atoms with Gasteiger partial charge in [-0.25, -0.2) is 4.39 Å². The van der Waals surface area contributed by atoms with Crippen molar-refractivity contribution in [3.63, 3.8) is 0 Å². The molecule has 1 aliphatic heterocycles. The number of nitrogens with one attached hydrogen (secondary N) is 1. The van der Waals surface area contributed by atoms with Crippen molar-refractivity contribution in [1.82, 2.24) is 15.1 Å². The van der Waals surface area contributed by atoms with Gasteiger partial charge in [-0.05, 0) is 61.9 Å². The molecule has 0 fully saturated rings. The molecule has 0 saturated carbocycles. The zero-order valence-corrected chi connectivity index (χ0v) is 14.7. The highest BCUT2D eigenvalue weighted by Crippen LogP contribution is 2.32. The second-order valence-corrected chi connectivity index (χ2v) is 6.81. The van der Waals surface area contributed by atoms with Gasteiger partial charge in [0.2, 0.25) is 5.91 Å². The average molecular weight is 329 g/mol. The number of carbonyl (C=O) groups excluding carboxylic acids is 1. The van der Waals surface area contributed by atoms with Crippen molar-refractivity contribution in [1.29, 1.82) is 0 Å². The van der Waals surface area contributed by atoms with Crippen LogP contribution in [0.2, 0.25) is 0 Å². The van der Waals surface area contributed by atoms with Crippen LogP contribution in [-0.4, -0.2) is 27.5 Å². The normalized spacial score (nSPS) is 18.4. The molecule has 5 heteroatoms. The molecule has 24 heavy (non-hydrogen) atoms. The van der Waals surface area contributed by atoms with Gasteiger partial charge in [0.1, 0.15) is 5.82 Å². The van der Waals surface area contributed by atoms with Gasteiger partial charge in [-0.2, -0.15) is 5.10 Å². The lowest BCUT2D eigenvalue weighted by Gasteiger charge is -2.36. The summed E-state index contributed by atoms with van der Waals surface area (Å²) in [5.74, 6) is 0.0586. The van der Waals surface area contributed by atoms with Crippen molar-refractivity contribution >= 4 is 5.91 Å². The first-order valence-corrected chi connectivity index (χ1v) is 8.47. The van der Waals surface area contributed by atoms with Crippen molar-refractivity contribution in [2.75, 3.05) is 6.54 Å². The van der Waals surface area contributed by atoms with Gasteiger partial charge in [0.05, 0.1) is 11.7 Å². The minimum absolute atomic E-state index is 0.0133. The van der Waals surface area contributed by atoms with Crippen LogP contribution in [0, 0.1) is 19.7 Å². The molecular formula is C19H24FN3O. The van der Waals surface area contributed by atoms with Crippen LogP contribution in [0.25, 0.3) is 0 Å². The molecule has 2 atom stereocenters. The maximum Gasteiger partial charge on any atom is 0.223 e. The number of hydrogen-bond acceptors (Lipinski definition) is 2. The molecule has 1 aliphatic rings. The molecule has 1 aromatic heterocycles. The number of aromatic nitrogens is 2. The third kappa shape index (κ3) is 2.95. The van der Waals surface area contributed by atoms with Crippen molar-refractivity contribution in [3.8, 4) is 0 Å². The van der Waals surface area contributed by atoms with Gasteiger partial charge in [0.15, 0.2) is 0 Å². The Morgan fingerprint density at radius 1 is 1.46 bits per heavy atom. The summed E-state index contributed by atoms with van der Waals surface area (Å²) in [4.78, 5) is 14.8. The second kappa shape index (κ2) is 6.38. The maximum absolute atomic E-state index is 13.4. The van der Waals surface area contributed by atoms with E-state index in [-0.39, 0.29) is 23.7 Å². The standard InChI is InChI=1S/C19H24FN3O/c1-11(19-12(2)21-22-13(19)3)9-18(24)23-8-7-15-10-16(20)5-6-17(15)14(23)4/h5-6,10-11,14H,7-9H2,1-4H3,(H,21,22)/t11-,14+/m1/s1. The summed E-state index contributed by atoms with van der Waals surface area (Å²) in [7, 11) is 0. The fraction of sp³-hybridized carbons (Fsp3) is 0.474. The molecule has 2 aromatic rings. The summed E-state index contributed by atoms with van der Waals surface area (Å²) in [6, 6.07) is 4.86. The third-order valence-electron chi connectivity index (χ3n) is 5.12. The van der Waals surface area contributed by atoms with Gasteiger partial charge in [-0.3, -0.25) is 9.89 Å². The number of H-pyrrole nitrogens is 1. The summed E-state index contributed by atoms with van der Waals surface area (Å²) < 4.78 is 13.4. The molecule has 1 N–H and O–H groups in total. The fourth-order valence-electron chi connectivity index (χ4n) is 3.91. The number of hydrogen-bond donors (Lipinski definition) is 1. The quantitative estimate of drug-likeness (QED) is 0.931. The van der Waals surface area contributed by atoms with Gasteiger partial charge >= 0.3 is 0 Å². The smallest absolute Gasteiger partial charge is 0.223 e. The summed E-state index contributed by atoms with van der Waals surface area (Å²) >= 11 is 0. The molecule has 1 aromatic carbocycles. The van der Waals surface area contributed by atoms with Crippen LogP contribution in [0.5, 0.6) is 0 Å². The zero-order valence-electron chi connectivity index (χ0n) is 14.7. The van der Waals surface area contributed by atoms with Crippen molar-refractivity contribution in [2.45, 2.75) is 52.5 Å². The number of nitrogens with zero attached hydrogens (tertiary/aromatic N) is 2. The van der Waals surface area contributed by atoms with E-state index in [1.807, 2.05) is 31.7 Å².